The van der Waals surface area contributed by atoms with Crippen LogP contribution in [0.4, 0.5) is 4.39 Å². The summed E-state index contributed by atoms with van der Waals surface area (Å²) in [6.07, 6.45) is -0.656. The van der Waals surface area contributed by atoms with Crippen LogP contribution in [0.1, 0.15) is 12.5 Å². The number of halogens is 1. The Kier molecular flexibility index (Phi) is 5.70. The average Bonchev–Trinajstić information content (AvgIpc) is 2.36. The lowest BCUT2D eigenvalue weighted by atomic mass is 10.2. The van der Waals surface area contributed by atoms with E-state index in [9.17, 15) is 9.50 Å². The number of hydrogen-bond acceptors (Lipinski definition) is 4. The number of aliphatic hydroxyl groups excluding tert-OH is 1. The molecule has 0 amide bonds. The molecule has 1 aromatic rings. The van der Waals surface area contributed by atoms with E-state index in [0.717, 1.165) is 0 Å². The zero-order valence-corrected chi connectivity index (χ0v) is 10.5. The second-order valence-electron chi connectivity index (χ2n) is 3.98. The summed E-state index contributed by atoms with van der Waals surface area (Å²) in [6, 6.07) is 5.59. The highest BCUT2D eigenvalue weighted by Gasteiger charge is 2.12. The Hall–Kier alpha value is -1.50. The molecule has 6 heteroatoms. The van der Waals surface area contributed by atoms with E-state index < -0.39 is 6.10 Å². The number of amidine groups is 1. The Morgan fingerprint density at radius 3 is 2.61 bits per heavy atom. The molecule has 1 rings (SSSR count). The molecule has 0 fully saturated rings. The number of rotatable bonds is 6. The normalized spacial score (nSPS) is 15.4. The van der Waals surface area contributed by atoms with Gasteiger partial charge in [-0.2, -0.15) is 0 Å². The minimum Gasteiger partial charge on any atom is -0.390 e. The van der Waals surface area contributed by atoms with E-state index in [-0.39, 0.29) is 24.2 Å². The van der Waals surface area contributed by atoms with Gasteiger partial charge in [-0.25, -0.2) is 4.39 Å². The van der Waals surface area contributed by atoms with Crippen LogP contribution in [0, 0.1) is 5.82 Å². The topological polar surface area (TPSA) is 82.7 Å². The predicted octanol–water partition coefficient (Wildman–Crippen LogP) is 0.00440. The molecule has 0 bridgehead atoms. The van der Waals surface area contributed by atoms with Crippen molar-refractivity contribution in [3.05, 3.63) is 35.6 Å². The first-order valence-corrected chi connectivity index (χ1v) is 5.70. The fourth-order valence-corrected chi connectivity index (χ4v) is 1.39. The van der Waals surface area contributed by atoms with E-state index in [1.54, 1.807) is 19.2 Å². The maximum absolute atomic E-state index is 12.7. The van der Waals surface area contributed by atoms with Gasteiger partial charge in [0, 0.05) is 11.6 Å². The molecule has 5 nitrogen and oxygen atoms in total. The van der Waals surface area contributed by atoms with Gasteiger partial charge in [0.05, 0.1) is 12.6 Å². The van der Waals surface area contributed by atoms with Gasteiger partial charge < -0.3 is 10.8 Å². The third-order valence-electron chi connectivity index (χ3n) is 2.54. The third kappa shape index (κ3) is 4.40. The summed E-state index contributed by atoms with van der Waals surface area (Å²) < 4.78 is 12.7. The zero-order valence-electron chi connectivity index (χ0n) is 10.5. The van der Waals surface area contributed by atoms with Crippen LogP contribution in [0.2, 0.25) is 0 Å². The minimum atomic E-state index is -0.656. The van der Waals surface area contributed by atoms with Crippen LogP contribution in [0.5, 0.6) is 0 Å². The average molecular weight is 254 g/mol. The number of aliphatic imine (C=N–C) groups is 1. The number of hydrazine groups is 1. The highest BCUT2D eigenvalue weighted by molar-refractivity contribution is 5.97. The maximum Gasteiger partial charge on any atom is 0.125 e. The second kappa shape index (κ2) is 7.05. The molecule has 0 heterocycles. The number of hydrogen-bond donors (Lipinski definition) is 4. The first-order valence-electron chi connectivity index (χ1n) is 5.70. The van der Waals surface area contributed by atoms with E-state index in [4.69, 9.17) is 5.73 Å². The Bertz CT molecular complexity index is 394. The number of nitrogens with two attached hydrogens (primary N) is 1. The van der Waals surface area contributed by atoms with Crippen molar-refractivity contribution in [2.24, 2.45) is 10.7 Å². The standard InChI is InChI=1S/C12H19FN4O/c1-8(17-15-2)11(18)7-16-12(14)9-3-5-10(13)6-4-9/h3-6,8,11,15,17-18H,7H2,1-2H3,(H2,14,16)/t8-,11?/m1/s1. The molecule has 0 spiro atoms. The summed E-state index contributed by atoms with van der Waals surface area (Å²) in [7, 11) is 1.72. The molecule has 2 atom stereocenters. The van der Waals surface area contributed by atoms with Crippen molar-refractivity contribution >= 4 is 5.84 Å². The number of benzene rings is 1. The largest absolute Gasteiger partial charge is 0.390 e. The first kappa shape index (κ1) is 14.6. The number of aliphatic hydroxyl groups is 1. The van der Waals surface area contributed by atoms with Gasteiger partial charge in [-0.15, -0.1) is 0 Å². The Morgan fingerprint density at radius 1 is 1.44 bits per heavy atom. The number of nitrogens with one attached hydrogen (secondary N) is 2. The van der Waals surface area contributed by atoms with Gasteiger partial charge in [0.1, 0.15) is 11.7 Å². The maximum atomic E-state index is 12.7. The van der Waals surface area contributed by atoms with Crippen LogP contribution < -0.4 is 16.6 Å². The van der Waals surface area contributed by atoms with E-state index in [1.165, 1.54) is 12.1 Å². The lowest BCUT2D eigenvalue weighted by molar-refractivity contribution is 0.137. The Labute approximate surface area is 106 Å². The van der Waals surface area contributed by atoms with Crippen LogP contribution in [-0.2, 0) is 0 Å². The molecule has 0 aliphatic rings. The van der Waals surface area contributed by atoms with Gasteiger partial charge in [-0.1, -0.05) is 0 Å². The SMILES string of the molecule is CNN[C@H](C)C(O)CN=C(N)c1ccc(F)cc1. The molecule has 0 saturated carbocycles. The molecule has 100 valence electrons. The van der Waals surface area contributed by atoms with Gasteiger partial charge >= 0.3 is 0 Å². The molecule has 0 saturated heterocycles. The van der Waals surface area contributed by atoms with Crippen molar-refractivity contribution < 1.29 is 9.50 Å². The van der Waals surface area contributed by atoms with Crippen molar-refractivity contribution in [3.8, 4) is 0 Å². The first-order chi connectivity index (χ1) is 8.54. The van der Waals surface area contributed by atoms with Gasteiger partial charge in [0.2, 0.25) is 0 Å². The van der Waals surface area contributed by atoms with Crippen LogP contribution >= 0.6 is 0 Å². The molecular weight excluding hydrogens is 235 g/mol. The molecule has 0 aliphatic carbocycles. The lowest BCUT2D eigenvalue weighted by Gasteiger charge is -2.18. The van der Waals surface area contributed by atoms with E-state index >= 15 is 0 Å². The van der Waals surface area contributed by atoms with Crippen molar-refractivity contribution in [1.82, 2.24) is 10.9 Å². The molecule has 1 aromatic carbocycles. The fraction of sp³-hybridized carbons (Fsp3) is 0.417. The number of nitrogens with zero attached hydrogens (tertiary/aromatic N) is 1. The summed E-state index contributed by atoms with van der Waals surface area (Å²) >= 11 is 0. The van der Waals surface area contributed by atoms with Gasteiger partial charge in [-0.05, 0) is 38.2 Å². The van der Waals surface area contributed by atoms with E-state index in [2.05, 4.69) is 15.8 Å². The minimum absolute atomic E-state index is 0.153. The molecule has 5 N–H and O–H groups in total. The van der Waals surface area contributed by atoms with Crippen molar-refractivity contribution in [1.29, 1.82) is 0 Å². The molecule has 0 radical (unpaired) electrons. The predicted molar refractivity (Wildman–Crippen MR) is 69.7 cm³/mol. The third-order valence-corrected chi connectivity index (χ3v) is 2.54. The Morgan fingerprint density at radius 2 is 2.06 bits per heavy atom. The highest BCUT2D eigenvalue weighted by Crippen LogP contribution is 2.03. The molecule has 0 aromatic heterocycles. The quantitative estimate of drug-likeness (QED) is 0.327. The lowest BCUT2D eigenvalue weighted by Crippen LogP contribution is -2.45. The van der Waals surface area contributed by atoms with E-state index in [1.807, 2.05) is 6.92 Å². The summed E-state index contributed by atoms with van der Waals surface area (Å²) in [4.78, 5) is 4.08. The summed E-state index contributed by atoms with van der Waals surface area (Å²) in [5, 5.41) is 9.76. The van der Waals surface area contributed by atoms with Crippen LogP contribution in [0.25, 0.3) is 0 Å². The van der Waals surface area contributed by atoms with Crippen LogP contribution in [0.3, 0.4) is 0 Å². The molecule has 18 heavy (non-hydrogen) atoms. The van der Waals surface area contributed by atoms with Gasteiger partial charge in [0.25, 0.3) is 0 Å². The smallest absolute Gasteiger partial charge is 0.125 e. The van der Waals surface area contributed by atoms with Gasteiger partial charge in [0.15, 0.2) is 0 Å². The molecule has 1 unspecified atom stereocenters. The summed E-state index contributed by atoms with van der Waals surface area (Å²) in [5.41, 5.74) is 12.0. The summed E-state index contributed by atoms with van der Waals surface area (Å²) in [5.74, 6) is -0.0378. The second-order valence-corrected chi connectivity index (χ2v) is 3.98. The Balaban J connectivity index is 2.58. The van der Waals surface area contributed by atoms with Crippen LogP contribution in [-0.4, -0.2) is 36.7 Å². The van der Waals surface area contributed by atoms with Gasteiger partial charge in [-0.3, -0.25) is 15.8 Å². The monoisotopic (exact) mass is 254 g/mol. The van der Waals surface area contributed by atoms with Crippen LogP contribution in [0.15, 0.2) is 29.3 Å². The van der Waals surface area contributed by atoms with Crippen molar-refractivity contribution in [2.75, 3.05) is 13.6 Å². The molecular formula is C12H19FN4O. The van der Waals surface area contributed by atoms with Crippen molar-refractivity contribution in [2.45, 2.75) is 19.1 Å². The summed E-state index contributed by atoms with van der Waals surface area (Å²) in [6.45, 7) is 2.00. The zero-order chi connectivity index (χ0) is 13.5. The highest BCUT2D eigenvalue weighted by atomic mass is 19.1. The van der Waals surface area contributed by atoms with Crippen molar-refractivity contribution in [3.63, 3.8) is 0 Å². The molecule has 0 aliphatic heterocycles. The van der Waals surface area contributed by atoms with E-state index in [0.29, 0.717) is 5.56 Å². The fourth-order valence-electron chi connectivity index (χ4n) is 1.39.